The highest BCUT2D eigenvalue weighted by molar-refractivity contribution is 6.02. The lowest BCUT2D eigenvalue weighted by molar-refractivity contribution is -0.141. The van der Waals surface area contributed by atoms with Crippen molar-refractivity contribution in [1.29, 1.82) is 0 Å². The fourth-order valence-corrected chi connectivity index (χ4v) is 0.647. The lowest BCUT2D eigenvalue weighted by atomic mass is 10.1. The van der Waals surface area contributed by atoms with Crippen molar-refractivity contribution in [2.24, 2.45) is 11.5 Å². The van der Waals surface area contributed by atoms with Crippen LogP contribution >= 0.6 is 0 Å². The maximum Gasteiger partial charge on any atom is 0.305 e. The minimum absolute atomic E-state index is 0.538. The Hall–Kier alpha value is -1.47. The molecule has 0 heterocycles. The Labute approximate surface area is 86.8 Å². The summed E-state index contributed by atoms with van der Waals surface area (Å²) in [5.74, 6) is -2.76. The molecular weight excluding hydrogens is 202 g/mol. The van der Waals surface area contributed by atoms with Gasteiger partial charge in [0.15, 0.2) is 0 Å². The normalized spacial score (nSPS) is 13.1. The number of rotatable bonds is 4. The second-order valence-electron chi connectivity index (χ2n) is 3.74. The van der Waals surface area contributed by atoms with E-state index in [1.54, 1.807) is 0 Å². The summed E-state index contributed by atoms with van der Waals surface area (Å²) in [5.41, 5.74) is 9.42. The van der Waals surface area contributed by atoms with E-state index in [0.717, 1.165) is 0 Å². The summed E-state index contributed by atoms with van der Waals surface area (Å²) >= 11 is 0. The zero-order valence-electron chi connectivity index (χ0n) is 8.61. The largest absolute Gasteiger partial charge is 0.481 e. The van der Waals surface area contributed by atoms with Gasteiger partial charge < -0.3 is 16.6 Å². The highest BCUT2D eigenvalue weighted by Crippen LogP contribution is 1.96. The Bertz CT molecular complexity index is 282. The zero-order chi connectivity index (χ0) is 12.2. The molecule has 15 heavy (non-hydrogen) atoms. The quantitative estimate of drug-likeness (QED) is 0.437. The van der Waals surface area contributed by atoms with Crippen LogP contribution in [0.15, 0.2) is 0 Å². The molecule has 7 nitrogen and oxygen atoms in total. The molecule has 0 radical (unpaired) electrons. The summed E-state index contributed by atoms with van der Waals surface area (Å²) in [6.45, 7) is 2.83. The summed E-state index contributed by atoms with van der Waals surface area (Å²) in [6.07, 6.45) is -0.538. The highest BCUT2D eigenvalue weighted by atomic mass is 16.4. The summed E-state index contributed by atoms with van der Waals surface area (Å²) < 4.78 is 0. The standard InChI is InChI=1S/C8H15N3O4/c1-8(2,10)7(15)11-6(14)4(9)3-5(12)13/h4H,3,9-10H2,1-2H3,(H,12,13)(H,11,14,15)/t4-/m0/s1. The topological polar surface area (TPSA) is 136 Å². The van der Waals surface area contributed by atoms with E-state index in [1.807, 2.05) is 5.32 Å². The number of amides is 2. The van der Waals surface area contributed by atoms with Gasteiger partial charge in [0.25, 0.3) is 0 Å². The molecule has 0 aliphatic rings. The molecule has 86 valence electrons. The second-order valence-corrected chi connectivity index (χ2v) is 3.74. The Morgan fingerprint density at radius 1 is 1.40 bits per heavy atom. The molecule has 0 fully saturated rings. The number of carboxylic acids is 1. The summed E-state index contributed by atoms with van der Waals surface area (Å²) in [4.78, 5) is 32.6. The van der Waals surface area contributed by atoms with E-state index < -0.39 is 35.8 Å². The van der Waals surface area contributed by atoms with Crippen molar-refractivity contribution < 1.29 is 19.5 Å². The van der Waals surface area contributed by atoms with Crippen LogP contribution in [0.1, 0.15) is 20.3 Å². The third-order valence-corrected chi connectivity index (χ3v) is 1.55. The van der Waals surface area contributed by atoms with Gasteiger partial charge in [0.05, 0.1) is 18.0 Å². The second kappa shape index (κ2) is 4.85. The van der Waals surface area contributed by atoms with Crippen molar-refractivity contribution in [3.05, 3.63) is 0 Å². The third-order valence-electron chi connectivity index (χ3n) is 1.55. The minimum atomic E-state index is -1.26. The first-order valence-corrected chi connectivity index (χ1v) is 4.26. The van der Waals surface area contributed by atoms with Crippen LogP contribution in [-0.2, 0) is 14.4 Å². The third kappa shape index (κ3) is 5.08. The summed E-state index contributed by atoms with van der Waals surface area (Å²) in [6, 6.07) is -1.26. The monoisotopic (exact) mass is 217 g/mol. The van der Waals surface area contributed by atoms with E-state index in [9.17, 15) is 14.4 Å². The number of carbonyl (C=O) groups excluding carboxylic acids is 2. The van der Waals surface area contributed by atoms with Gasteiger partial charge >= 0.3 is 5.97 Å². The Balaban J connectivity index is 4.26. The number of imide groups is 1. The first-order chi connectivity index (χ1) is 6.64. The number of carboxylic acid groups (broad SMARTS) is 1. The van der Waals surface area contributed by atoms with Crippen molar-refractivity contribution >= 4 is 17.8 Å². The molecule has 0 aliphatic carbocycles. The molecule has 0 rings (SSSR count). The van der Waals surface area contributed by atoms with Crippen LogP contribution in [0.5, 0.6) is 0 Å². The van der Waals surface area contributed by atoms with Gasteiger partial charge in [-0.2, -0.15) is 0 Å². The molecule has 6 N–H and O–H groups in total. The van der Waals surface area contributed by atoms with Crippen molar-refractivity contribution in [3.63, 3.8) is 0 Å². The Kier molecular flexibility index (Phi) is 4.38. The predicted molar refractivity (Wildman–Crippen MR) is 51.6 cm³/mol. The summed E-state index contributed by atoms with van der Waals surface area (Å²) in [5, 5.41) is 10.3. The van der Waals surface area contributed by atoms with Gasteiger partial charge in [0, 0.05) is 0 Å². The summed E-state index contributed by atoms with van der Waals surface area (Å²) in [7, 11) is 0. The maximum atomic E-state index is 11.2. The van der Waals surface area contributed by atoms with E-state index in [0.29, 0.717) is 0 Å². The Morgan fingerprint density at radius 3 is 2.20 bits per heavy atom. The maximum absolute atomic E-state index is 11.2. The van der Waals surface area contributed by atoms with Crippen molar-refractivity contribution in [1.82, 2.24) is 5.32 Å². The van der Waals surface area contributed by atoms with Crippen LogP contribution < -0.4 is 16.8 Å². The molecule has 7 heteroatoms. The molecular formula is C8H15N3O4. The van der Waals surface area contributed by atoms with Gasteiger partial charge in [0.1, 0.15) is 0 Å². The fourth-order valence-electron chi connectivity index (χ4n) is 0.647. The van der Waals surface area contributed by atoms with Crippen LogP contribution in [0, 0.1) is 0 Å². The van der Waals surface area contributed by atoms with Crippen LogP contribution in [0.4, 0.5) is 0 Å². The van der Waals surface area contributed by atoms with Crippen LogP contribution in [-0.4, -0.2) is 34.5 Å². The van der Waals surface area contributed by atoms with Crippen molar-refractivity contribution in [2.75, 3.05) is 0 Å². The lowest BCUT2D eigenvalue weighted by Crippen LogP contribution is -2.54. The SMILES string of the molecule is CC(C)(N)C(=O)NC(=O)[C@@H](N)CC(=O)O. The van der Waals surface area contributed by atoms with Gasteiger partial charge in [-0.3, -0.25) is 19.7 Å². The first-order valence-electron chi connectivity index (χ1n) is 4.26. The number of hydrogen-bond donors (Lipinski definition) is 4. The number of nitrogens with two attached hydrogens (primary N) is 2. The molecule has 0 spiro atoms. The van der Waals surface area contributed by atoms with Crippen molar-refractivity contribution in [2.45, 2.75) is 31.8 Å². The molecule has 0 aromatic heterocycles. The van der Waals surface area contributed by atoms with Gasteiger partial charge in [-0.25, -0.2) is 0 Å². The molecule has 0 aromatic rings. The number of aliphatic carboxylic acids is 1. The van der Waals surface area contributed by atoms with E-state index in [1.165, 1.54) is 13.8 Å². The minimum Gasteiger partial charge on any atom is -0.481 e. The number of hydrogen-bond acceptors (Lipinski definition) is 5. The molecule has 2 amide bonds. The van der Waals surface area contributed by atoms with E-state index >= 15 is 0 Å². The van der Waals surface area contributed by atoms with E-state index in [4.69, 9.17) is 16.6 Å². The molecule has 0 saturated heterocycles. The fraction of sp³-hybridized carbons (Fsp3) is 0.625. The highest BCUT2D eigenvalue weighted by Gasteiger charge is 2.26. The van der Waals surface area contributed by atoms with Crippen molar-refractivity contribution in [3.8, 4) is 0 Å². The number of carbonyl (C=O) groups is 3. The van der Waals surface area contributed by atoms with Gasteiger partial charge in [-0.15, -0.1) is 0 Å². The van der Waals surface area contributed by atoms with Gasteiger partial charge in [-0.05, 0) is 13.8 Å². The smallest absolute Gasteiger partial charge is 0.305 e. The molecule has 0 saturated carbocycles. The number of nitrogens with one attached hydrogen (secondary N) is 1. The van der Waals surface area contributed by atoms with Crippen LogP contribution in [0.3, 0.4) is 0 Å². The molecule has 0 unspecified atom stereocenters. The zero-order valence-corrected chi connectivity index (χ0v) is 8.61. The lowest BCUT2D eigenvalue weighted by Gasteiger charge is -2.18. The molecule has 0 aliphatic heterocycles. The molecule has 1 atom stereocenters. The molecule has 0 aromatic carbocycles. The van der Waals surface area contributed by atoms with E-state index in [2.05, 4.69) is 0 Å². The van der Waals surface area contributed by atoms with Crippen LogP contribution in [0.25, 0.3) is 0 Å². The first kappa shape index (κ1) is 13.5. The average Bonchev–Trinajstić information content (AvgIpc) is 2.00. The molecule has 0 bridgehead atoms. The van der Waals surface area contributed by atoms with Crippen LogP contribution in [0.2, 0.25) is 0 Å². The van der Waals surface area contributed by atoms with Gasteiger partial charge in [-0.1, -0.05) is 0 Å². The van der Waals surface area contributed by atoms with E-state index in [-0.39, 0.29) is 0 Å². The average molecular weight is 217 g/mol. The van der Waals surface area contributed by atoms with Gasteiger partial charge in [0.2, 0.25) is 11.8 Å². The Morgan fingerprint density at radius 2 is 1.87 bits per heavy atom. The predicted octanol–water partition coefficient (Wildman–Crippen LogP) is -1.83.